The molecule has 0 aliphatic carbocycles. The molecule has 1 aromatic carbocycles. The first kappa shape index (κ1) is 14.5. The van der Waals surface area contributed by atoms with E-state index in [1.54, 1.807) is 12.4 Å². The van der Waals surface area contributed by atoms with E-state index in [2.05, 4.69) is 15.6 Å². The largest absolute Gasteiger partial charge is 0.347 e. The van der Waals surface area contributed by atoms with E-state index < -0.39 is 0 Å². The Labute approximate surface area is 123 Å². The van der Waals surface area contributed by atoms with Crippen molar-refractivity contribution in [3.63, 3.8) is 0 Å². The normalized spacial score (nSPS) is 10.3. The lowest BCUT2D eigenvalue weighted by molar-refractivity contribution is -0.119. The predicted molar refractivity (Wildman–Crippen MR) is 83.0 cm³/mol. The van der Waals surface area contributed by atoms with Crippen molar-refractivity contribution in [3.05, 3.63) is 72.6 Å². The Morgan fingerprint density at radius 1 is 1.14 bits per heavy atom. The fourth-order valence-corrected chi connectivity index (χ4v) is 1.68. The molecular formula is C16H16N4O. The molecule has 2 aromatic rings. The molecule has 0 atom stereocenters. The molecule has 1 aromatic heterocycles. The van der Waals surface area contributed by atoms with Crippen LogP contribution in [-0.4, -0.2) is 16.7 Å². The number of rotatable bonds is 5. The van der Waals surface area contributed by atoms with Crippen LogP contribution in [0.5, 0.6) is 0 Å². The van der Waals surface area contributed by atoms with E-state index >= 15 is 0 Å². The molecule has 1 heterocycles. The Morgan fingerprint density at radius 2 is 1.90 bits per heavy atom. The number of benzene rings is 1. The predicted octanol–water partition coefficient (Wildman–Crippen LogP) is 2.34. The van der Waals surface area contributed by atoms with Crippen LogP contribution in [0.25, 0.3) is 0 Å². The van der Waals surface area contributed by atoms with Gasteiger partial charge in [0.25, 0.3) is 0 Å². The van der Waals surface area contributed by atoms with Gasteiger partial charge < -0.3 is 10.6 Å². The van der Waals surface area contributed by atoms with Crippen molar-refractivity contribution < 1.29 is 4.79 Å². The Morgan fingerprint density at radius 3 is 2.62 bits per heavy atom. The Balaban J connectivity index is 1.77. The van der Waals surface area contributed by atoms with Gasteiger partial charge in [0.1, 0.15) is 11.7 Å². The summed E-state index contributed by atoms with van der Waals surface area (Å²) in [4.78, 5) is 15.8. The van der Waals surface area contributed by atoms with Crippen molar-refractivity contribution in [3.8, 4) is 0 Å². The van der Waals surface area contributed by atoms with Gasteiger partial charge in [-0.25, -0.2) is 4.98 Å². The first-order valence-corrected chi connectivity index (χ1v) is 6.50. The van der Waals surface area contributed by atoms with Gasteiger partial charge in [0, 0.05) is 12.4 Å². The number of carbonyl (C=O) groups is 1. The van der Waals surface area contributed by atoms with Crippen LogP contribution in [0.2, 0.25) is 0 Å². The molecule has 0 bridgehead atoms. The van der Waals surface area contributed by atoms with Gasteiger partial charge in [-0.3, -0.25) is 10.2 Å². The number of nitrogens with zero attached hydrogens (tertiary/aromatic N) is 1. The van der Waals surface area contributed by atoms with E-state index in [1.165, 1.54) is 6.08 Å². The minimum atomic E-state index is -0.214. The minimum Gasteiger partial charge on any atom is -0.347 e. The number of pyridine rings is 1. The molecule has 0 saturated heterocycles. The van der Waals surface area contributed by atoms with Crippen molar-refractivity contribution >= 4 is 17.6 Å². The maximum Gasteiger partial charge on any atom is 0.229 e. The van der Waals surface area contributed by atoms with Crippen molar-refractivity contribution in [2.75, 3.05) is 5.32 Å². The van der Waals surface area contributed by atoms with Gasteiger partial charge in [0.05, 0.1) is 6.42 Å². The number of hydrogen-bond donors (Lipinski definition) is 3. The third kappa shape index (κ3) is 5.28. The Bertz CT molecular complexity index is 623. The zero-order chi connectivity index (χ0) is 14.9. The second kappa shape index (κ2) is 7.59. The van der Waals surface area contributed by atoms with Crippen LogP contribution < -0.4 is 10.6 Å². The van der Waals surface area contributed by atoms with E-state index in [1.807, 2.05) is 48.5 Å². The number of hydrogen-bond acceptors (Lipinski definition) is 4. The second-order valence-corrected chi connectivity index (χ2v) is 4.32. The summed E-state index contributed by atoms with van der Waals surface area (Å²) in [5, 5.41) is 13.1. The summed E-state index contributed by atoms with van der Waals surface area (Å²) in [5.41, 5.74) is 0.915. The lowest BCUT2D eigenvalue weighted by atomic mass is 10.1. The molecule has 106 valence electrons. The van der Waals surface area contributed by atoms with Gasteiger partial charge in [-0.05, 0) is 23.8 Å². The van der Waals surface area contributed by atoms with Crippen LogP contribution in [0.4, 0.5) is 5.82 Å². The summed E-state index contributed by atoms with van der Waals surface area (Å²) in [7, 11) is 0. The summed E-state index contributed by atoms with van der Waals surface area (Å²) in [6.45, 7) is 0. The van der Waals surface area contributed by atoms with E-state index in [9.17, 15) is 4.79 Å². The third-order valence-electron chi connectivity index (χ3n) is 2.63. The monoisotopic (exact) mass is 280 g/mol. The molecule has 0 radical (unpaired) electrons. The second-order valence-electron chi connectivity index (χ2n) is 4.32. The molecule has 5 nitrogen and oxygen atoms in total. The fraction of sp³-hybridized carbons (Fsp3) is 0.0625. The lowest BCUT2D eigenvalue weighted by Gasteiger charge is -2.03. The maximum atomic E-state index is 11.7. The van der Waals surface area contributed by atoms with E-state index in [-0.39, 0.29) is 18.2 Å². The number of nitrogens with one attached hydrogen (secondary N) is 3. The van der Waals surface area contributed by atoms with E-state index in [4.69, 9.17) is 5.41 Å². The minimum absolute atomic E-state index is 0.0272. The fourth-order valence-electron chi connectivity index (χ4n) is 1.68. The standard InChI is InChI=1S/C16H16N4O/c17-14(9-11-19-15-8-4-5-10-18-15)20-16(21)12-13-6-2-1-3-7-13/h1-11H,12H2,(H,18,19)(H2,17,20,21)/b11-9-. The zero-order valence-electron chi connectivity index (χ0n) is 11.4. The van der Waals surface area contributed by atoms with Crippen molar-refractivity contribution in [1.29, 1.82) is 5.41 Å². The van der Waals surface area contributed by atoms with Gasteiger partial charge >= 0.3 is 0 Å². The van der Waals surface area contributed by atoms with E-state index in [0.717, 1.165) is 5.56 Å². The van der Waals surface area contributed by atoms with Crippen LogP contribution in [-0.2, 0) is 11.2 Å². The molecule has 0 fully saturated rings. The Kier molecular flexibility index (Phi) is 5.23. The zero-order valence-corrected chi connectivity index (χ0v) is 11.4. The first-order chi connectivity index (χ1) is 10.2. The molecule has 0 spiro atoms. The molecular weight excluding hydrogens is 264 g/mol. The lowest BCUT2D eigenvalue weighted by Crippen LogP contribution is -2.29. The molecule has 21 heavy (non-hydrogen) atoms. The Hall–Kier alpha value is -2.95. The van der Waals surface area contributed by atoms with Crippen LogP contribution in [0.1, 0.15) is 5.56 Å². The number of aromatic nitrogens is 1. The summed E-state index contributed by atoms with van der Waals surface area (Å²) in [5.74, 6) is 0.491. The molecule has 3 N–H and O–H groups in total. The number of amides is 1. The summed E-state index contributed by atoms with van der Waals surface area (Å²) in [6.07, 6.45) is 4.96. The van der Waals surface area contributed by atoms with Gasteiger partial charge in [-0.2, -0.15) is 0 Å². The van der Waals surface area contributed by atoms with Crippen LogP contribution in [0, 0.1) is 5.41 Å². The molecule has 0 aliphatic rings. The number of amidine groups is 1. The van der Waals surface area contributed by atoms with Gasteiger partial charge in [0.2, 0.25) is 5.91 Å². The molecule has 0 aliphatic heterocycles. The summed E-state index contributed by atoms with van der Waals surface area (Å²) < 4.78 is 0. The summed E-state index contributed by atoms with van der Waals surface area (Å²) >= 11 is 0. The topological polar surface area (TPSA) is 77.9 Å². The molecule has 0 unspecified atom stereocenters. The van der Waals surface area contributed by atoms with Crippen LogP contribution in [0.3, 0.4) is 0 Å². The SMILES string of the molecule is N=C(/C=C\Nc1ccccn1)NC(=O)Cc1ccccc1. The van der Waals surface area contributed by atoms with E-state index in [0.29, 0.717) is 5.82 Å². The average Bonchev–Trinajstić information content (AvgIpc) is 2.49. The third-order valence-corrected chi connectivity index (χ3v) is 2.63. The average molecular weight is 280 g/mol. The quantitative estimate of drug-likeness (QED) is 0.581. The van der Waals surface area contributed by atoms with Crippen LogP contribution >= 0.6 is 0 Å². The molecule has 1 amide bonds. The number of carbonyl (C=O) groups excluding carboxylic acids is 1. The highest BCUT2D eigenvalue weighted by Crippen LogP contribution is 2.00. The first-order valence-electron chi connectivity index (χ1n) is 6.50. The molecule has 0 saturated carbocycles. The highest BCUT2D eigenvalue weighted by Gasteiger charge is 2.03. The van der Waals surface area contributed by atoms with Gasteiger partial charge in [-0.1, -0.05) is 36.4 Å². The highest BCUT2D eigenvalue weighted by atomic mass is 16.1. The van der Waals surface area contributed by atoms with Gasteiger partial charge in [-0.15, -0.1) is 0 Å². The van der Waals surface area contributed by atoms with Crippen molar-refractivity contribution in [2.24, 2.45) is 0 Å². The maximum absolute atomic E-state index is 11.7. The van der Waals surface area contributed by atoms with Gasteiger partial charge in [0.15, 0.2) is 0 Å². The van der Waals surface area contributed by atoms with Crippen molar-refractivity contribution in [1.82, 2.24) is 10.3 Å². The molecule has 5 heteroatoms. The number of anilines is 1. The van der Waals surface area contributed by atoms with Crippen molar-refractivity contribution in [2.45, 2.75) is 6.42 Å². The summed E-state index contributed by atoms with van der Waals surface area (Å²) in [6, 6.07) is 14.9. The van der Waals surface area contributed by atoms with Crippen LogP contribution in [0.15, 0.2) is 67.0 Å². The smallest absolute Gasteiger partial charge is 0.229 e. The highest BCUT2D eigenvalue weighted by molar-refractivity contribution is 6.03. The molecule has 2 rings (SSSR count).